The van der Waals surface area contributed by atoms with Crippen molar-refractivity contribution in [2.75, 3.05) is 6.54 Å². The van der Waals surface area contributed by atoms with Crippen LogP contribution in [0.1, 0.15) is 5.56 Å². The molecular weight excluding hydrogens is 236 g/mol. The Hall–Kier alpha value is -1.66. The highest BCUT2D eigenvalue weighted by Crippen LogP contribution is 2.22. The summed E-state index contributed by atoms with van der Waals surface area (Å²) in [6.45, 7) is -0.174. The molecule has 16 heavy (non-hydrogen) atoms. The fourth-order valence-corrected chi connectivity index (χ4v) is 1.37. The first-order valence-electron chi connectivity index (χ1n) is 4.36. The highest BCUT2D eigenvalue weighted by Gasteiger charge is 2.13. The van der Waals surface area contributed by atoms with Crippen LogP contribution in [0.25, 0.3) is 0 Å². The monoisotopic (exact) mass is 244 g/mol. The zero-order valence-corrected chi connectivity index (χ0v) is 8.90. The van der Waals surface area contributed by atoms with Gasteiger partial charge < -0.3 is 10.4 Å². The molecular formula is C9H9ClN2O4. The van der Waals surface area contributed by atoms with Gasteiger partial charge in [-0.25, -0.2) is 0 Å². The second kappa shape index (κ2) is 5.43. The van der Waals surface area contributed by atoms with E-state index in [0.29, 0.717) is 10.6 Å². The molecule has 7 heteroatoms. The summed E-state index contributed by atoms with van der Waals surface area (Å²) >= 11 is 5.70. The van der Waals surface area contributed by atoms with Crippen LogP contribution in [-0.4, -0.2) is 22.5 Å². The fourth-order valence-electron chi connectivity index (χ4n) is 1.18. The number of nitrogens with zero attached hydrogens (tertiary/aromatic N) is 1. The number of rotatable bonds is 5. The van der Waals surface area contributed by atoms with E-state index >= 15 is 0 Å². The van der Waals surface area contributed by atoms with Gasteiger partial charge in [0.1, 0.15) is 0 Å². The summed E-state index contributed by atoms with van der Waals surface area (Å²) in [5.74, 6) is -1.02. The van der Waals surface area contributed by atoms with Gasteiger partial charge in [0, 0.05) is 23.2 Å². The SMILES string of the molecule is O=C(O)CNCc1cc(Cl)ccc1[N+](=O)[O-]. The molecule has 0 fully saturated rings. The smallest absolute Gasteiger partial charge is 0.317 e. The van der Waals surface area contributed by atoms with Crippen molar-refractivity contribution in [2.24, 2.45) is 0 Å². The van der Waals surface area contributed by atoms with Crippen molar-refractivity contribution in [3.63, 3.8) is 0 Å². The summed E-state index contributed by atoms with van der Waals surface area (Å²) in [7, 11) is 0. The van der Waals surface area contributed by atoms with Gasteiger partial charge in [-0.05, 0) is 12.1 Å². The van der Waals surface area contributed by atoms with E-state index in [9.17, 15) is 14.9 Å². The van der Waals surface area contributed by atoms with E-state index in [0.717, 1.165) is 0 Å². The molecule has 1 aromatic carbocycles. The van der Waals surface area contributed by atoms with Crippen LogP contribution < -0.4 is 5.32 Å². The van der Waals surface area contributed by atoms with Crippen molar-refractivity contribution in [1.82, 2.24) is 5.32 Å². The van der Waals surface area contributed by atoms with Gasteiger partial charge in [0.2, 0.25) is 0 Å². The van der Waals surface area contributed by atoms with Crippen LogP contribution in [-0.2, 0) is 11.3 Å². The number of carboxylic acids is 1. The topological polar surface area (TPSA) is 92.5 Å². The third-order valence-corrected chi connectivity index (χ3v) is 2.07. The molecule has 1 rings (SSSR count). The zero-order chi connectivity index (χ0) is 12.1. The maximum atomic E-state index is 10.6. The van der Waals surface area contributed by atoms with Crippen LogP contribution in [0, 0.1) is 10.1 Å². The summed E-state index contributed by atoms with van der Waals surface area (Å²) in [6.07, 6.45) is 0. The lowest BCUT2D eigenvalue weighted by Crippen LogP contribution is -2.22. The van der Waals surface area contributed by atoms with Crippen LogP contribution in [0.4, 0.5) is 5.69 Å². The minimum atomic E-state index is -1.02. The third kappa shape index (κ3) is 3.48. The number of halogens is 1. The maximum absolute atomic E-state index is 10.6. The normalized spacial score (nSPS) is 10.1. The molecule has 0 aliphatic rings. The Morgan fingerprint density at radius 1 is 1.56 bits per heavy atom. The van der Waals surface area contributed by atoms with E-state index in [4.69, 9.17) is 16.7 Å². The number of carbonyl (C=O) groups is 1. The molecule has 0 aliphatic heterocycles. The van der Waals surface area contributed by atoms with Gasteiger partial charge in [-0.2, -0.15) is 0 Å². The van der Waals surface area contributed by atoms with Crippen molar-refractivity contribution >= 4 is 23.3 Å². The number of hydrogen-bond acceptors (Lipinski definition) is 4. The van der Waals surface area contributed by atoms with Crippen LogP contribution in [0.2, 0.25) is 5.02 Å². The van der Waals surface area contributed by atoms with Crippen LogP contribution >= 0.6 is 11.6 Å². The lowest BCUT2D eigenvalue weighted by atomic mass is 10.2. The molecule has 0 saturated carbocycles. The predicted octanol–water partition coefficient (Wildman–Crippen LogP) is 1.42. The number of nitrogens with one attached hydrogen (secondary N) is 1. The fraction of sp³-hybridized carbons (Fsp3) is 0.222. The van der Waals surface area contributed by atoms with Crippen molar-refractivity contribution in [3.05, 3.63) is 38.9 Å². The number of aliphatic carboxylic acids is 1. The number of hydrogen-bond donors (Lipinski definition) is 2. The first kappa shape index (κ1) is 12.4. The largest absolute Gasteiger partial charge is 0.480 e. The van der Waals surface area contributed by atoms with Gasteiger partial charge in [0.05, 0.1) is 11.5 Å². The second-order valence-electron chi connectivity index (χ2n) is 3.03. The van der Waals surface area contributed by atoms with Gasteiger partial charge in [-0.3, -0.25) is 14.9 Å². The number of carboxylic acid groups (broad SMARTS) is 1. The molecule has 86 valence electrons. The van der Waals surface area contributed by atoms with E-state index < -0.39 is 10.9 Å². The molecule has 0 radical (unpaired) electrons. The summed E-state index contributed by atoms with van der Waals surface area (Å²) in [4.78, 5) is 20.4. The molecule has 2 N–H and O–H groups in total. The predicted molar refractivity (Wildman–Crippen MR) is 57.4 cm³/mol. The first-order valence-corrected chi connectivity index (χ1v) is 4.74. The Balaban J connectivity index is 2.80. The van der Waals surface area contributed by atoms with Gasteiger partial charge in [0.25, 0.3) is 5.69 Å². The van der Waals surface area contributed by atoms with Gasteiger partial charge in [-0.1, -0.05) is 11.6 Å². The lowest BCUT2D eigenvalue weighted by molar-refractivity contribution is -0.385. The molecule has 0 aromatic heterocycles. The number of nitro benzene ring substituents is 1. The van der Waals surface area contributed by atoms with Gasteiger partial charge in [0.15, 0.2) is 0 Å². The minimum absolute atomic E-state index is 0.0812. The molecule has 0 atom stereocenters. The van der Waals surface area contributed by atoms with Crippen molar-refractivity contribution in [1.29, 1.82) is 0 Å². The minimum Gasteiger partial charge on any atom is -0.480 e. The van der Waals surface area contributed by atoms with Gasteiger partial charge in [-0.15, -0.1) is 0 Å². The Bertz CT molecular complexity index is 422. The Morgan fingerprint density at radius 2 is 2.25 bits per heavy atom. The molecule has 0 unspecified atom stereocenters. The molecule has 1 aromatic rings. The average Bonchev–Trinajstić information content (AvgIpc) is 2.16. The standard InChI is InChI=1S/C9H9ClN2O4/c10-7-1-2-8(12(15)16)6(3-7)4-11-5-9(13)14/h1-3,11H,4-5H2,(H,13,14). The van der Waals surface area contributed by atoms with E-state index in [1.165, 1.54) is 18.2 Å². The highest BCUT2D eigenvalue weighted by atomic mass is 35.5. The molecule has 0 heterocycles. The van der Waals surface area contributed by atoms with Crippen molar-refractivity contribution in [3.8, 4) is 0 Å². The lowest BCUT2D eigenvalue weighted by Gasteiger charge is -2.04. The summed E-state index contributed by atoms with van der Waals surface area (Å²) in [6, 6.07) is 4.15. The second-order valence-corrected chi connectivity index (χ2v) is 3.46. The Morgan fingerprint density at radius 3 is 2.81 bits per heavy atom. The first-order chi connectivity index (χ1) is 7.50. The number of benzene rings is 1. The van der Waals surface area contributed by atoms with E-state index in [2.05, 4.69) is 5.32 Å². The quantitative estimate of drug-likeness (QED) is 0.604. The van der Waals surface area contributed by atoms with E-state index in [1.54, 1.807) is 0 Å². The summed E-state index contributed by atoms with van der Waals surface area (Å²) in [5.41, 5.74) is 0.279. The van der Waals surface area contributed by atoms with Crippen LogP contribution in [0.3, 0.4) is 0 Å². The third-order valence-electron chi connectivity index (χ3n) is 1.83. The molecule has 0 bridgehead atoms. The number of nitro groups is 1. The average molecular weight is 245 g/mol. The molecule has 6 nitrogen and oxygen atoms in total. The maximum Gasteiger partial charge on any atom is 0.317 e. The molecule has 0 amide bonds. The van der Waals surface area contributed by atoms with Crippen LogP contribution in [0.5, 0.6) is 0 Å². The molecule has 0 aliphatic carbocycles. The highest BCUT2D eigenvalue weighted by molar-refractivity contribution is 6.30. The summed E-state index contributed by atoms with van der Waals surface area (Å²) in [5, 5.41) is 22.0. The molecule has 0 spiro atoms. The van der Waals surface area contributed by atoms with E-state index in [-0.39, 0.29) is 18.8 Å². The Labute approximate surface area is 96.0 Å². The van der Waals surface area contributed by atoms with Crippen molar-refractivity contribution < 1.29 is 14.8 Å². The van der Waals surface area contributed by atoms with Crippen molar-refractivity contribution in [2.45, 2.75) is 6.54 Å². The molecule has 0 saturated heterocycles. The van der Waals surface area contributed by atoms with Crippen LogP contribution in [0.15, 0.2) is 18.2 Å². The summed E-state index contributed by atoms with van der Waals surface area (Å²) < 4.78 is 0. The zero-order valence-electron chi connectivity index (χ0n) is 8.14. The Kier molecular flexibility index (Phi) is 4.21. The van der Waals surface area contributed by atoms with E-state index in [1.807, 2.05) is 0 Å². The van der Waals surface area contributed by atoms with Gasteiger partial charge >= 0.3 is 5.97 Å².